The molecule has 4 rings (SSSR count). The summed E-state index contributed by atoms with van der Waals surface area (Å²) < 4.78 is 0. The number of allylic oxidation sites excluding steroid dienone is 1. The first kappa shape index (κ1) is 18.9. The Morgan fingerprint density at radius 2 is 1.17 bits per heavy atom. The Balaban J connectivity index is 2.03. The molecule has 142 valence electrons. The highest BCUT2D eigenvalue weighted by atomic mass is 14.7. The van der Waals surface area contributed by atoms with Gasteiger partial charge in [-0.2, -0.15) is 0 Å². The van der Waals surface area contributed by atoms with Crippen molar-refractivity contribution in [3.05, 3.63) is 137 Å². The van der Waals surface area contributed by atoms with Crippen LogP contribution in [-0.4, -0.2) is 4.98 Å². The molecule has 29 heavy (non-hydrogen) atoms. The first-order valence-corrected chi connectivity index (χ1v) is 10.0. The maximum absolute atomic E-state index is 4.71. The first-order valence-electron chi connectivity index (χ1n) is 10.0. The fourth-order valence-corrected chi connectivity index (χ4v) is 3.83. The zero-order chi connectivity index (χ0) is 20.1. The lowest BCUT2D eigenvalue weighted by molar-refractivity contribution is 1.08. The minimum absolute atomic E-state index is 0.788. The Kier molecular flexibility index (Phi) is 5.67. The maximum atomic E-state index is 4.71. The molecular formula is C28H25N. The van der Waals surface area contributed by atoms with E-state index in [1.165, 1.54) is 39.0 Å². The minimum atomic E-state index is 0.788. The van der Waals surface area contributed by atoms with Crippen molar-refractivity contribution in [1.82, 2.24) is 4.98 Å². The molecule has 1 aromatic heterocycles. The summed E-state index contributed by atoms with van der Waals surface area (Å²) in [5, 5.41) is 0. The highest BCUT2D eigenvalue weighted by molar-refractivity contribution is 5.99. The summed E-state index contributed by atoms with van der Waals surface area (Å²) in [5.41, 5.74) is 9.93. The zero-order valence-electron chi connectivity index (χ0n) is 17.0. The van der Waals surface area contributed by atoms with E-state index in [2.05, 4.69) is 105 Å². The minimum Gasteiger partial charge on any atom is -0.261 e. The Morgan fingerprint density at radius 1 is 0.621 bits per heavy atom. The van der Waals surface area contributed by atoms with Gasteiger partial charge in [0.15, 0.2) is 0 Å². The van der Waals surface area contributed by atoms with E-state index >= 15 is 0 Å². The van der Waals surface area contributed by atoms with E-state index in [0.29, 0.717) is 0 Å². The predicted octanol–water partition coefficient (Wildman–Crippen LogP) is 6.90. The number of hydrogen-bond acceptors (Lipinski definition) is 1. The number of aryl methyl sites for hydroxylation is 2. The number of pyridine rings is 1. The SMILES string of the molecule is Cc1ccccc1C(Cc1ncccc1C)=C(c1ccccc1)c1ccccc1. The second-order valence-corrected chi connectivity index (χ2v) is 7.34. The highest BCUT2D eigenvalue weighted by Gasteiger charge is 2.17. The Morgan fingerprint density at radius 3 is 1.76 bits per heavy atom. The van der Waals surface area contributed by atoms with E-state index in [1.807, 2.05) is 12.3 Å². The van der Waals surface area contributed by atoms with Gasteiger partial charge in [0.1, 0.15) is 0 Å². The van der Waals surface area contributed by atoms with E-state index < -0.39 is 0 Å². The van der Waals surface area contributed by atoms with E-state index in [1.54, 1.807) is 0 Å². The summed E-state index contributed by atoms with van der Waals surface area (Å²) in [5.74, 6) is 0. The predicted molar refractivity (Wildman–Crippen MR) is 123 cm³/mol. The molecule has 0 saturated carbocycles. The average molecular weight is 376 g/mol. The number of benzene rings is 3. The molecular weight excluding hydrogens is 350 g/mol. The van der Waals surface area contributed by atoms with Crippen molar-refractivity contribution >= 4 is 11.1 Å². The van der Waals surface area contributed by atoms with Crippen molar-refractivity contribution in [2.24, 2.45) is 0 Å². The van der Waals surface area contributed by atoms with E-state index in [0.717, 1.165) is 12.1 Å². The second kappa shape index (κ2) is 8.70. The summed E-state index contributed by atoms with van der Waals surface area (Å²) in [7, 11) is 0. The maximum Gasteiger partial charge on any atom is 0.0476 e. The number of nitrogens with zero attached hydrogens (tertiary/aromatic N) is 1. The third kappa shape index (κ3) is 4.20. The largest absolute Gasteiger partial charge is 0.261 e. The molecule has 0 bridgehead atoms. The van der Waals surface area contributed by atoms with Crippen molar-refractivity contribution < 1.29 is 0 Å². The standard InChI is InChI=1S/C28H25N/c1-21-12-9-10-18-25(21)26(20-27-22(2)13-11-19-29-27)28(23-14-5-3-6-15-23)24-16-7-4-8-17-24/h3-19H,20H2,1-2H3. The molecule has 0 aliphatic rings. The fourth-order valence-electron chi connectivity index (χ4n) is 3.83. The van der Waals surface area contributed by atoms with Crippen LogP contribution in [0.3, 0.4) is 0 Å². The lowest BCUT2D eigenvalue weighted by atomic mass is 9.85. The summed E-state index contributed by atoms with van der Waals surface area (Å²) in [6.45, 7) is 4.33. The quantitative estimate of drug-likeness (QED) is 0.346. The highest BCUT2D eigenvalue weighted by Crippen LogP contribution is 2.35. The van der Waals surface area contributed by atoms with Gasteiger partial charge in [0, 0.05) is 18.3 Å². The van der Waals surface area contributed by atoms with Crippen LogP contribution < -0.4 is 0 Å². The lowest BCUT2D eigenvalue weighted by Crippen LogP contribution is -2.03. The van der Waals surface area contributed by atoms with Gasteiger partial charge in [-0.05, 0) is 58.9 Å². The van der Waals surface area contributed by atoms with Crippen LogP contribution >= 0.6 is 0 Å². The topological polar surface area (TPSA) is 12.9 Å². The number of rotatable bonds is 5. The zero-order valence-corrected chi connectivity index (χ0v) is 17.0. The van der Waals surface area contributed by atoms with Gasteiger partial charge in [-0.3, -0.25) is 4.98 Å². The lowest BCUT2D eigenvalue weighted by Gasteiger charge is -2.19. The third-order valence-electron chi connectivity index (χ3n) is 5.36. The van der Waals surface area contributed by atoms with Crippen LogP contribution in [0.25, 0.3) is 11.1 Å². The third-order valence-corrected chi connectivity index (χ3v) is 5.36. The van der Waals surface area contributed by atoms with E-state index in [4.69, 9.17) is 4.98 Å². The second-order valence-electron chi connectivity index (χ2n) is 7.34. The van der Waals surface area contributed by atoms with Crippen LogP contribution in [0, 0.1) is 13.8 Å². The van der Waals surface area contributed by atoms with Gasteiger partial charge in [0.05, 0.1) is 0 Å². The Bertz CT molecular complexity index is 1080. The van der Waals surface area contributed by atoms with Gasteiger partial charge >= 0.3 is 0 Å². The van der Waals surface area contributed by atoms with Crippen molar-refractivity contribution in [3.8, 4) is 0 Å². The summed E-state index contributed by atoms with van der Waals surface area (Å²) in [6, 6.07) is 34.2. The molecule has 0 aliphatic carbocycles. The molecule has 0 spiro atoms. The fraction of sp³-hybridized carbons (Fsp3) is 0.107. The molecule has 1 nitrogen and oxygen atoms in total. The Labute approximate surface area is 173 Å². The number of aromatic nitrogens is 1. The van der Waals surface area contributed by atoms with Gasteiger partial charge in [0.2, 0.25) is 0 Å². The Hall–Kier alpha value is -3.45. The molecule has 0 N–H and O–H groups in total. The van der Waals surface area contributed by atoms with Crippen LogP contribution in [0.2, 0.25) is 0 Å². The molecule has 0 unspecified atom stereocenters. The molecule has 0 aliphatic heterocycles. The molecule has 0 amide bonds. The van der Waals surface area contributed by atoms with Crippen molar-refractivity contribution in [1.29, 1.82) is 0 Å². The monoisotopic (exact) mass is 375 g/mol. The summed E-state index contributed by atoms with van der Waals surface area (Å²) in [4.78, 5) is 4.71. The van der Waals surface area contributed by atoms with Gasteiger partial charge in [-0.25, -0.2) is 0 Å². The van der Waals surface area contributed by atoms with Gasteiger partial charge in [0.25, 0.3) is 0 Å². The molecule has 1 heterocycles. The van der Waals surface area contributed by atoms with Crippen LogP contribution in [0.15, 0.2) is 103 Å². The van der Waals surface area contributed by atoms with Crippen LogP contribution in [0.1, 0.15) is 33.5 Å². The molecule has 0 radical (unpaired) electrons. The van der Waals surface area contributed by atoms with Crippen LogP contribution in [0.4, 0.5) is 0 Å². The van der Waals surface area contributed by atoms with Crippen molar-refractivity contribution in [2.75, 3.05) is 0 Å². The van der Waals surface area contributed by atoms with Crippen LogP contribution in [0.5, 0.6) is 0 Å². The van der Waals surface area contributed by atoms with Gasteiger partial charge < -0.3 is 0 Å². The molecule has 0 fully saturated rings. The molecule has 3 aromatic carbocycles. The van der Waals surface area contributed by atoms with Gasteiger partial charge in [-0.15, -0.1) is 0 Å². The van der Waals surface area contributed by atoms with Crippen molar-refractivity contribution in [2.45, 2.75) is 20.3 Å². The van der Waals surface area contributed by atoms with E-state index in [9.17, 15) is 0 Å². The van der Waals surface area contributed by atoms with Crippen molar-refractivity contribution in [3.63, 3.8) is 0 Å². The summed E-state index contributed by atoms with van der Waals surface area (Å²) >= 11 is 0. The van der Waals surface area contributed by atoms with Crippen LogP contribution in [-0.2, 0) is 6.42 Å². The molecule has 4 aromatic rings. The number of hydrogen-bond donors (Lipinski definition) is 0. The smallest absolute Gasteiger partial charge is 0.0476 e. The van der Waals surface area contributed by atoms with Gasteiger partial charge in [-0.1, -0.05) is 91.0 Å². The normalized spacial score (nSPS) is 10.6. The summed E-state index contributed by atoms with van der Waals surface area (Å²) in [6.07, 6.45) is 2.68. The average Bonchev–Trinajstić information content (AvgIpc) is 2.77. The molecule has 1 heteroatoms. The van der Waals surface area contributed by atoms with E-state index in [-0.39, 0.29) is 0 Å². The molecule has 0 atom stereocenters. The molecule has 0 saturated heterocycles. The first-order chi connectivity index (χ1) is 14.2.